The Kier molecular flexibility index (Phi) is 66.7. The lowest BCUT2D eigenvalue weighted by molar-refractivity contribution is -0.161. The quantitative estimate of drug-likeness (QED) is 0.0169. The van der Waals surface area contributed by atoms with Crippen molar-refractivity contribution in [2.24, 2.45) is 0 Å². The van der Waals surface area contributed by atoms with Crippen molar-refractivity contribution in [2.45, 2.75) is 290 Å². The van der Waals surface area contributed by atoms with E-state index < -0.39 is 97.5 Å². The van der Waals surface area contributed by atoms with Gasteiger partial charge in [0.1, 0.15) is 19.3 Å². The maximum absolute atomic E-state index is 13.1. The first-order valence-corrected chi connectivity index (χ1v) is 40.1. The van der Waals surface area contributed by atoms with Gasteiger partial charge in [-0.05, 0) is 154 Å². The number of hydrogen-bond acceptors (Lipinski definition) is 15. The third-order valence-electron chi connectivity index (χ3n) is 14.8. The highest BCUT2D eigenvalue weighted by Gasteiger charge is 2.30. The number of phosphoric ester groups is 2. The Balaban J connectivity index is 5.41. The van der Waals surface area contributed by atoms with Crippen molar-refractivity contribution in [2.75, 3.05) is 39.6 Å². The molecule has 17 nitrogen and oxygen atoms in total. The second-order valence-corrected chi connectivity index (χ2v) is 27.0. The summed E-state index contributed by atoms with van der Waals surface area (Å²) >= 11 is 0. The van der Waals surface area contributed by atoms with Crippen molar-refractivity contribution >= 4 is 39.5 Å². The molecular weight excluding hydrogens is 1280 g/mol. The monoisotopic (exact) mass is 1410 g/mol. The maximum atomic E-state index is 13.1. The predicted molar refractivity (Wildman–Crippen MR) is 399 cm³/mol. The number of carbonyl (C=O) groups is 4. The fourth-order valence-corrected chi connectivity index (χ4v) is 10.8. The second-order valence-electron chi connectivity index (χ2n) is 24.1. The Labute approximate surface area is 592 Å². The molecule has 5 unspecified atom stereocenters. The van der Waals surface area contributed by atoms with E-state index in [0.717, 1.165) is 180 Å². The Bertz CT molecular complexity index is 2430. The topological polar surface area (TPSA) is 237 Å². The number of carbonyl (C=O) groups excluding carboxylic acids is 4. The molecule has 0 aromatic rings. The van der Waals surface area contributed by atoms with E-state index in [0.29, 0.717) is 25.7 Å². The molecule has 0 aliphatic heterocycles. The summed E-state index contributed by atoms with van der Waals surface area (Å²) in [6.45, 7) is 4.36. The number of aliphatic hydroxyl groups excluding tert-OH is 1. The normalized spacial score (nSPS) is 14.8. The lowest BCUT2D eigenvalue weighted by Gasteiger charge is -2.21. The van der Waals surface area contributed by atoms with E-state index >= 15 is 0 Å². The van der Waals surface area contributed by atoms with Gasteiger partial charge in [0, 0.05) is 25.7 Å². The van der Waals surface area contributed by atoms with Crippen molar-refractivity contribution in [3.05, 3.63) is 146 Å². The molecule has 0 radical (unpaired) electrons. The van der Waals surface area contributed by atoms with Crippen LogP contribution in [0.25, 0.3) is 0 Å². The first-order valence-electron chi connectivity index (χ1n) is 37.1. The van der Waals surface area contributed by atoms with Gasteiger partial charge in [0.25, 0.3) is 0 Å². The maximum Gasteiger partial charge on any atom is 0.472 e. The highest BCUT2D eigenvalue weighted by Crippen LogP contribution is 2.45. The predicted octanol–water partition coefficient (Wildman–Crippen LogP) is 21.1. The molecule has 0 heterocycles. The van der Waals surface area contributed by atoms with Crippen molar-refractivity contribution in [1.29, 1.82) is 0 Å². The average molecular weight is 1410 g/mol. The highest BCUT2D eigenvalue weighted by molar-refractivity contribution is 7.47. The van der Waals surface area contributed by atoms with E-state index in [-0.39, 0.29) is 25.7 Å². The lowest BCUT2D eigenvalue weighted by atomic mass is 10.1. The van der Waals surface area contributed by atoms with Crippen LogP contribution in [0.1, 0.15) is 272 Å². The first-order chi connectivity index (χ1) is 47.7. The van der Waals surface area contributed by atoms with Crippen LogP contribution in [0.3, 0.4) is 0 Å². The van der Waals surface area contributed by atoms with Gasteiger partial charge in [0.05, 0.1) is 26.4 Å². The second kappa shape index (κ2) is 70.4. The number of allylic oxidation sites excluding steroid dienone is 24. The van der Waals surface area contributed by atoms with Crippen LogP contribution in [0, 0.1) is 0 Å². The fraction of sp³-hybridized carbons (Fsp3) is 0.646. The fourth-order valence-electron chi connectivity index (χ4n) is 9.20. The van der Waals surface area contributed by atoms with Gasteiger partial charge in [-0.1, -0.05) is 238 Å². The summed E-state index contributed by atoms with van der Waals surface area (Å²) in [6, 6.07) is 0. The summed E-state index contributed by atoms with van der Waals surface area (Å²) in [6.07, 6.45) is 78.5. The molecule has 98 heavy (non-hydrogen) atoms. The van der Waals surface area contributed by atoms with Gasteiger partial charge < -0.3 is 33.8 Å². The molecule has 558 valence electrons. The van der Waals surface area contributed by atoms with Crippen LogP contribution in [0.5, 0.6) is 0 Å². The molecule has 0 aliphatic carbocycles. The minimum absolute atomic E-state index is 0.0614. The molecule has 0 aromatic carbocycles. The summed E-state index contributed by atoms with van der Waals surface area (Å²) in [5, 5.41) is 10.6. The smallest absolute Gasteiger partial charge is 0.462 e. The van der Waals surface area contributed by atoms with Crippen molar-refractivity contribution in [3.8, 4) is 0 Å². The zero-order chi connectivity index (χ0) is 71.8. The van der Waals surface area contributed by atoms with Crippen LogP contribution in [0.4, 0.5) is 0 Å². The molecule has 0 aromatic heterocycles. The Morgan fingerprint density at radius 1 is 0.296 bits per heavy atom. The van der Waals surface area contributed by atoms with Crippen molar-refractivity contribution in [1.82, 2.24) is 0 Å². The van der Waals surface area contributed by atoms with E-state index in [9.17, 15) is 43.2 Å². The molecular formula is C79H130O17P2. The molecule has 0 rings (SSSR count). The number of esters is 4. The molecule has 5 atom stereocenters. The van der Waals surface area contributed by atoms with Gasteiger partial charge in [0.15, 0.2) is 12.2 Å². The molecule has 0 aliphatic rings. The summed E-state index contributed by atoms with van der Waals surface area (Å²) in [5.41, 5.74) is 0. The van der Waals surface area contributed by atoms with Crippen LogP contribution in [0.15, 0.2) is 146 Å². The number of aliphatic hydroxyl groups is 1. The SMILES string of the molecule is CC/C=C\C/C=C\C/C=C\C/C=C\CCCCCCC(=O)OCC(COP(=O)(O)OCC(O)COP(=O)(O)OCC(COC(=O)CCCC/C=C\C/C=C\C/C=C\C/C=C\CC)OC(=O)CCCCCCC/C=C\C/C=C\C/C=C\CC)OC(=O)CCCCCCC/C=C\CCCC. The van der Waals surface area contributed by atoms with E-state index in [4.69, 9.17) is 37.0 Å². The number of ether oxygens (including phenoxy) is 4. The zero-order valence-electron chi connectivity index (χ0n) is 60.7. The molecule has 0 amide bonds. The Hall–Kier alpha value is -5.06. The van der Waals surface area contributed by atoms with E-state index in [1.54, 1.807) is 0 Å². The summed E-state index contributed by atoms with van der Waals surface area (Å²) in [4.78, 5) is 72.7. The van der Waals surface area contributed by atoms with E-state index in [1.165, 1.54) is 12.8 Å². The van der Waals surface area contributed by atoms with Crippen molar-refractivity contribution in [3.63, 3.8) is 0 Å². The molecule has 0 fully saturated rings. The average Bonchev–Trinajstić information content (AvgIpc) is 0.986. The number of unbranched alkanes of at least 4 members (excludes halogenated alkanes) is 18. The van der Waals surface area contributed by atoms with Gasteiger partial charge >= 0.3 is 39.5 Å². The Morgan fingerprint density at radius 2 is 0.531 bits per heavy atom. The standard InChI is InChI=1S/C79H130O17P2/c1-5-9-13-17-21-25-29-32-35-36-39-41-45-48-52-56-60-64-77(82)89-69-74(95-78(83)65-61-57-53-49-43-28-24-20-16-12-8-4)71-93-97(85,86)91-67-73(80)68-92-98(87,88)94-72-75(96-79(84)66-62-58-54-50-46-42-38-34-31-27-23-19-15-11-7-3)70-90-76(81)63-59-55-51-47-44-40-37-33-30-26-22-18-14-10-6-2/h9-11,13-15,20-27,32-35,37-39,41,44,47,73-75,80H,5-8,12,16-19,28-31,36,40,42-43,45-46,48-72H2,1-4H3,(H,85,86)(H,87,88)/b13-9-,14-10-,15-11-,24-20-,25-21-,26-22-,27-23-,35-32-,37-33-,38-34-,41-39-,47-44-. The van der Waals surface area contributed by atoms with Gasteiger partial charge in [-0.25, -0.2) is 9.13 Å². The first kappa shape index (κ1) is 92.9. The molecule has 0 saturated carbocycles. The molecule has 19 heteroatoms. The van der Waals surface area contributed by atoms with Gasteiger partial charge in [-0.3, -0.25) is 37.3 Å². The van der Waals surface area contributed by atoms with Crippen LogP contribution < -0.4 is 0 Å². The lowest BCUT2D eigenvalue weighted by Crippen LogP contribution is -2.30. The number of rotatable bonds is 68. The van der Waals surface area contributed by atoms with Crippen LogP contribution in [-0.4, -0.2) is 96.7 Å². The summed E-state index contributed by atoms with van der Waals surface area (Å²) < 4.78 is 68.3. The highest BCUT2D eigenvalue weighted by atomic mass is 31.2. The summed E-state index contributed by atoms with van der Waals surface area (Å²) in [7, 11) is -9.98. The summed E-state index contributed by atoms with van der Waals surface area (Å²) in [5.74, 6) is -2.29. The molecule has 0 spiro atoms. The minimum Gasteiger partial charge on any atom is -0.462 e. The third-order valence-corrected chi connectivity index (χ3v) is 16.7. The van der Waals surface area contributed by atoms with Crippen LogP contribution in [0.2, 0.25) is 0 Å². The van der Waals surface area contributed by atoms with E-state index in [2.05, 4.69) is 174 Å². The Morgan fingerprint density at radius 3 is 0.847 bits per heavy atom. The number of hydrogen-bond donors (Lipinski definition) is 3. The van der Waals surface area contributed by atoms with Crippen LogP contribution in [-0.2, 0) is 65.4 Å². The minimum atomic E-state index is -4.99. The van der Waals surface area contributed by atoms with Crippen LogP contribution >= 0.6 is 15.6 Å². The third kappa shape index (κ3) is 69.4. The molecule has 0 saturated heterocycles. The molecule has 0 bridgehead atoms. The zero-order valence-corrected chi connectivity index (χ0v) is 62.4. The van der Waals surface area contributed by atoms with Crippen molar-refractivity contribution < 1.29 is 80.2 Å². The largest absolute Gasteiger partial charge is 0.472 e. The van der Waals surface area contributed by atoms with Gasteiger partial charge in [-0.15, -0.1) is 0 Å². The number of phosphoric acid groups is 2. The van der Waals surface area contributed by atoms with Gasteiger partial charge in [-0.2, -0.15) is 0 Å². The molecule has 3 N–H and O–H groups in total. The van der Waals surface area contributed by atoms with E-state index in [1.807, 2.05) is 0 Å². The van der Waals surface area contributed by atoms with Gasteiger partial charge in [0.2, 0.25) is 0 Å².